The second-order valence-corrected chi connectivity index (χ2v) is 5.89. The molecule has 0 bridgehead atoms. The summed E-state index contributed by atoms with van der Waals surface area (Å²) in [6.45, 7) is 2.78. The van der Waals surface area contributed by atoms with E-state index in [0.717, 1.165) is 29.8 Å². The fraction of sp³-hybridized carbons (Fsp3) is 0.222. The van der Waals surface area contributed by atoms with Crippen LogP contribution in [0.4, 0.5) is 10.1 Å². The number of imidazole rings is 1. The van der Waals surface area contributed by atoms with Crippen LogP contribution in [0.1, 0.15) is 10.4 Å². The number of hydrogen-bond donors (Lipinski definition) is 1. The number of H-pyrrole nitrogens is 1. The number of fused-ring (bicyclic) bond motifs is 1. The zero-order chi connectivity index (χ0) is 16.5. The highest BCUT2D eigenvalue weighted by Crippen LogP contribution is 2.19. The van der Waals surface area contributed by atoms with Gasteiger partial charge in [0.1, 0.15) is 5.82 Å². The quantitative estimate of drug-likeness (QED) is 0.788. The summed E-state index contributed by atoms with van der Waals surface area (Å²) < 4.78 is 13.0. The van der Waals surface area contributed by atoms with Crippen molar-refractivity contribution in [3.8, 4) is 0 Å². The van der Waals surface area contributed by atoms with Crippen molar-refractivity contribution in [2.45, 2.75) is 0 Å². The first-order valence-electron chi connectivity index (χ1n) is 7.94. The predicted octanol–water partition coefficient (Wildman–Crippen LogP) is 2.66. The highest BCUT2D eigenvalue weighted by atomic mass is 19.1. The number of rotatable bonds is 2. The smallest absolute Gasteiger partial charge is 0.254 e. The number of amides is 1. The maximum absolute atomic E-state index is 13.0. The van der Waals surface area contributed by atoms with Crippen LogP contribution in [-0.4, -0.2) is 47.0 Å². The SMILES string of the molecule is O=C(c1ccc2nc[nH]c2c1)N1CCN(c2ccc(F)cc2)CC1. The zero-order valence-electron chi connectivity index (χ0n) is 13.1. The molecule has 5 nitrogen and oxygen atoms in total. The van der Waals surface area contributed by atoms with E-state index < -0.39 is 0 Å². The molecule has 6 heteroatoms. The van der Waals surface area contributed by atoms with E-state index in [1.807, 2.05) is 23.1 Å². The van der Waals surface area contributed by atoms with Crippen molar-refractivity contribution in [3.63, 3.8) is 0 Å². The average Bonchev–Trinajstić information content (AvgIpc) is 3.09. The van der Waals surface area contributed by atoms with Crippen molar-refractivity contribution < 1.29 is 9.18 Å². The number of anilines is 1. The van der Waals surface area contributed by atoms with Crippen LogP contribution >= 0.6 is 0 Å². The van der Waals surface area contributed by atoms with Gasteiger partial charge in [-0.15, -0.1) is 0 Å². The van der Waals surface area contributed by atoms with E-state index >= 15 is 0 Å². The largest absolute Gasteiger partial charge is 0.368 e. The minimum Gasteiger partial charge on any atom is -0.368 e. The van der Waals surface area contributed by atoms with Gasteiger partial charge in [-0.1, -0.05) is 0 Å². The molecule has 1 N–H and O–H groups in total. The molecule has 1 saturated heterocycles. The monoisotopic (exact) mass is 324 g/mol. The van der Waals surface area contributed by atoms with Crippen LogP contribution < -0.4 is 4.90 Å². The number of nitrogens with zero attached hydrogens (tertiary/aromatic N) is 3. The van der Waals surface area contributed by atoms with Crippen molar-refractivity contribution in [2.75, 3.05) is 31.1 Å². The van der Waals surface area contributed by atoms with Gasteiger partial charge in [-0.2, -0.15) is 0 Å². The van der Waals surface area contributed by atoms with E-state index in [0.29, 0.717) is 18.7 Å². The molecule has 0 radical (unpaired) electrons. The molecule has 2 aromatic carbocycles. The van der Waals surface area contributed by atoms with E-state index in [4.69, 9.17) is 0 Å². The van der Waals surface area contributed by atoms with E-state index in [1.165, 1.54) is 12.1 Å². The molecule has 1 aromatic heterocycles. The van der Waals surface area contributed by atoms with Crippen LogP contribution in [0.25, 0.3) is 11.0 Å². The van der Waals surface area contributed by atoms with Gasteiger partial charge in [0.05, 0.1) is 17.4 Å². The van der Waals surface area contributed by atoms with Crippen molar-refractivity contribution in [1.29, 1.82) is 0 Å². The maximum atomic E-state index is 13.0. The summed E-state index contributed by atoms with van der Waals surface area (Å²) in [5, 5.41) is 0. The number of hydrogen-bond acceptors (Lipinski definition) is 3. The van der Waals surface area contributed by atoms with Gasteiger partial charge in [0, 0.05) is 37.4 Å². The Labute approximate surface area is 138 Å². The van der Waals surface area contributed by atoms with Crippen molar-refractivity contribution in [1.82, 2.24) is 14.9 Å². The van der Waals surface area contributed by atoms with Gasteiger partial charge in [-0.05, 0) is 42.5 Å². The summed E-state index contributed by atoms with van der Waals surface area (Å²) in [6.07, 6.45) is 1.63. The Kier molecular flexibility index (Phi) is 3.65. The van der Waals surface area contributed by atoms with Gasteiger partial charge in [0.25, 0.3) is 5.91 Å². The Balaban J connectivity index is 1.44. The average molecular weight is 324 g/mol. The van der Waals surface area contributed by atoms with Crippen LogP contribution in [-0.2, 0) is 0 Å². The number of aromatic nitrogens is 2. The first-order valence-corrected chi connectivity index (χ1v) is 7.94. The van der Waals surface area contributed by atoms with Crippen LogP contribution in [0.3, 0.4) is 0 Å². The van der Waals surface area contributed by atoms with Gasteiger partial charge < -0.3 is 14.8 Å². The molecule has 0 atom stereocenters. The highest BCUT2D eigenvalue weighted by Gasteiger charge is 2.22. The van der Waals surface area contributed by atoms with Gasteiger partial charge in [-0.3, -0.25) is 4.79 Å². The topological polar surface area (TPSA) is 52.2 Å². The molecule has 1 fully saturated rings. The minimum absolute atomic E-state index is 0.0326. The number of halogens is 1. The number of piperazine rings is 1. The van der Waals surface area contributed by atoms with Crippen molar-refractivity contribution >= 4 is 22.6 Å². The van der Waals surface area contributed by atoms with Crippen molar-refractivity contribution in [2.24, 2.45) is 0 Å². The normalized spacial score (nSPS) is 15.0. The molecule has 122 valence electrons. The number of aromatic amines is 1. The molecule has 3 aromatic rings. The molecule has 1 aliphatic heterocycles. The summed E-state index contributed by atoms with van der Waals surface area (Å²) in [5.74, 6) is -0.202. The number of carbonyl (C=O) groups excluding carboxylic acids is 1. The van der Waals surface area contributed by atoms with Crippen LogP contribution in [0.15, 0.2) is 48.8 Å². The lowest BCUT2D eigenvalue weighted by Gasteiger charge is -2.36. The molecule has 0 unspecified atom stereocenters. The Morgan fingerprint density at radius 3 is 2.54 bits per heavy atom. The molecule has 0 spiro atoms. The third-order valence-electron chi connectivity index (χ3n) is 4.43. The zero-order valence-corrected chi connectivity index (χ0v) is 13.1. The molecule has 0 aliphatic carbocycles. The van der Waals surface area contributed by atoms with E-state index in [-0.39, 0.29) is 11.7 Å². The molecule has 24 heavy (non-hydrogen) atoms. The van der Waals surface area contributed by atoms with E-state index in [9.17, 15) is 9.18 Å². The lowest BCUT2D eigenvalue weighted by molar-refractivity contribution is 0.0747. The van der Waals surface area contributed by atoms with Gasteiger partial charge >= 0.3 is 0 Å². The third-order valence-corrected chi connectivity index (χ3v) is 4.43. The molecular formula is C18H17FN4O. The molecule has 2 heterocycles. The second-order valence-electron chi connectivity index (χ2n) is 5.89. The molecular weight excluding hydrogens is 307 g/mol. The van der Waals surface area contributed by atoms with Crippen LogP contribution in [0.2, 0.25) is 0 Å². The first-order chi connectivity index (χ1) is 11.7. The molecule has 0 saturated carbocycles. The highest BCUT2D eigenvalue weighted by molar-refractivity contribution is 5.97. The number of carbonyl (C=O) groups is 1. The number of nitrogens with one attached hydrogen (secondary N) is 1. The second kappa shape index (κ2) is 5.96. The Morgan fingerprint density at radius 2 is 1.79 bits per heavy atom. The summed E-state index contributed by atoms with van der Waals surface area (Å²) in [4.78, 5) is 23.9. The van der Waals surface area contributed by atoms with Crippen LogP contribution in [0, 0.1) is 5.82 Å². The maximum Gasteiger partial charge on any atom is 0.254 e. The third kappa shape index (κ3) is 2.71. The van der Waals surface area contributed by atoms with E-state index in [1.54, 1.807) is 18.5 Å². The lowest BCUT2D eigenvalue weighted by Crippen LogP contribution is -2.48. The van der Waals surface area contributed by atoms with Gasteiger partial charge in [0.15, 0.2) is 0 Å². The Hall–Kier alpha value is -2.89. The molecule has 1 amide bonds. The Morgan fingerprint density at radius 1 is 1.04 bits per heavy atom. The molecule has 1 aliphatic rings. The van der Waals surface area contributed by atoms with Gasteiger partial charge in [0.2, 0.25) is 0 Å². The fourth-order valence-corrected chi connectivity index (χ4v) is 3.07. The summed E-state index contributed by atoms with van der Waals surface area (Å²) in [5.41, 5.74) is 3.38. The predicted molar refractivity (Wildman–Crippen MR) is 90.6 cm³/mol. The molecule has 4 rings (SSSR count). The lowest BCUT2D eigenvalue weighted by atomic mass is 10.1. The fourth-order valence-electron chi connectivity index (χ4n) is 3.07. The van der Waals surface area contributed by atoms with E-state index in [2.05, 4.69) is 14.9 Å². The summed E-state index contributed by atoms with van der Waals surface area (Å²) >= 11 is 0. The van der Waals surface area contributed by atoms with Gasteiger partial charge in [-0.25, -0.2) is 9.37 Å². The van der Waals surface area contributed by atoms with Crippen LogP contribution in [0.5, 0.6) is 0 Å². The number of benzene rings is 2. The summed E-state index contributed by atoms with van der Waals surface area (Å²) in [6, 6.07) is 12.0. The van der Waals surface area contributed by atoms with Crippen molar-refractivity contribution in [3.05, 3.63) is 60.2 Å². The standard InChI is InChI=1S/C18H17FN4O/c19-14-2-4-15(5-3-14)22-7-9-23(10-8-22)18(24)13-1-6-16-17(11-13)21-12-20-16/h1-6,11-12H,7-10H2,(H,20,21). The first kappa shape index (κ1) is 14.7. The minimum atomic E-state index is -0.234. The Bertz CT molecular complexity index is 866. The summed E-state index contributed by atoms with van der Waals surface area (Å²) in [7, 11) is 0.